The van der Waals surface area contributed by atoms with Crippen molar-refractivity contribution in [2.24, 2.45) is 0 Å². The highest BCUT2D eigenvalue weighted by atomic mass is 16.4. The van der Waals surface area contributed by atoms with Gasteiger partial charge >= 0.3 is 5.97 Å². The molecule has 1 aliphatic carbocycles. The van der Waals surface area contributed by atoms with Gasteiger partial charge in [0.2, 0.25) is 5.43 Å². The van der Waals surface area contributed by atoms with E-state index in [9.17, 15) is 9.59 Å². The molecule has 2 aromatic rings. The SMILES string of the molecule is Cc1cccc2c1c(=O)c(C(=O)O)cn2C1CC1. The number of rotatable bonds is 2. The Kier molecular flexibility index (Phi) is 2.26. The lowest BCUT2D eigenvalue weighted by molar-refractivity contribution is 0.0695. The fourth-order valence-corrected chi connectivity index (χ4v) is 2.37. The molecule has 0 bridgehead atoms. The van der Waals surface area contributed by atoms with Crippen LogP contribution < -0.4 is 5.43 Å². The Labute approximate surface area is 103 Å². The predicted molar refractivity (Wildman–Crippen MR) is 68.2 cm³/mol. The van der Waals surface area contributed by atoms with Gasteiger partial charge in [-0.25, -0.2) is 4.79 Å². The second kappa shape index (κ2) is 3.70. The summed E-state index contributed by atoms with van der Waals surface area (Å²) in [7, 11) is 0. The summed E-state index contributed by atoms with van der Waals surface area (Å²) in [5.41, 5.74) is 1.15. The maximum atomic E-state index is 12.2. The maximum absolute atomic E-state index is 12.2. The van der Waals surface area contributed by atoms with Gasteiger partial charge in [0, 0.05) is 17.6 Å². The number of nitrogens with zero attached hydrogens (tertiary/aromatic N) is 1. The van der Waals surface area contributed by atoms with Gasteiger partial charge in [0.05, 0.1) is 5.52 Å². The third-order valence-electron chi connectivity index (χ3n) is 3.44. The zero-order valence-corrected chi connectivity index (χ0v) is 10.0. The quantitative estimate of drug-likeness (QED) is 0.880. The molecule has 0 amide bonds. The minimum absolute atomic E-state index is 0.135. The minimum Gasteiger partial charge on any atom is -0.477 e. The molecule has 0 unspecified atom stereocenters. The molecule has 4 heteroatoms. The maximum Gasteiger partial charge on any atom is 0.341 e. The highest BCUT2D eigenvalue weighted by molar-refractivity contribution is 5.93. The van der Waals surface area contributed by atoms with E-state index in [-0.39, 0.29) is 11.0 Å². The molecule has 1 aromatic carbocycles. The molecule has 1 N–H and O–H groups in total. The van der Waals surface area contributed by atoms with Crippen molar-refractivity contribution in [3.8, 4) is 0 Å². The van der Waals surface area contributed by atoms with Crippen LogP contribution in [0.4, 0.5) is 0 Å². The van der Waals surface area contributed by atoms with Crippen LogP contribution in [0.25, 0.3) is 10.9 Å². The van der Waals surface area contributed by atoms with Crippen LogP contribution in [-0.2, 0) is 0 Å². The lowest BCUT2D eigenvalue weighted by Gasteiger charge is -2.12. The standard InChI is InChI=1S/C14H13NO3/c1-8-3-2-4-11-12(8)13(16)10(14(17)18)7-15(11)9-5-6-9/h2-4,7,9H,5-6H2,1H3,(H,17,18). The normalized spacial score (nSPS) is 14.9. The van der Waals surface area contributed by atoms with Gasteiger partial charge in [-0.05, 0) is 31.4 Å². The van der Waals surface area contributed by atoms with E-state index in [1.807, 2.05) is 29.7 Å². The zero-order chi connectivity index (χ0) is 12.9. The Morgan fingerprint density at radius 2 is 2.11 bits per heavy atom. The van der Waals surface area contributed by atoms with Crippen molar-refractivity contribution in [3.05, 3.63) is 45.7 Å². The first-order valence-corrected chi connectivity index (χ1v) is 5.97. The lowest BCUT2D eigenvalue weighted by atomic mass is 10.1. The summed E-state index contributed by atoms with van der Waals surface area (Å²) < 4.78 is 1.94. The number of fused-ring (bicyclic) bond motifs is 1. The third-order valence-corrected chi connectivity index (χ3v) is 3.44. The monoisotopic (exact) mass is 243 g/mol. The minimum atomic E-state index is -1.15. The summed E-state index contributed by atoms with van der Waals surface area (Å²) in [5.74, 6) is -1.15. The Balaban J connectivity index is 2.47. The van der Waals surface area contributed by atoms with Crippen molar-refractivity contribution in [2.75, 3.05) is 0 Å². The number of hydrogen-bond donors (Lipinski definition) is 1. The first kappa shape index (κ1) is 11.0. The second-order valence-electron chi connectivity index (χ2n) is 4.78. The zero-order valence-electron chi connectivity index (χ0n) is 10.0. The fraction of sp³-hybridized carbons (Fsp3) is 0.286. The number of carbonyl (C=O) groups is 1. The first-order chi connectivity index (χ1) is 8.59. The molecule has 1 heterocycles. The lowest BCUT2D eigenvalue weighted by Crippen LogP contribution is -2.19. The summed E-state index contributed by atoms with van der Waals surface area (Å²) in [5, 5.41) is 9.66. The molecule has 0 aliphatic heterocycles. The van der Waals surface area contributed by atoms with Crippen LogP contribution in [0, 0.1) is 6.92 Å². The van der Waals surface area contributed by atoms with Crippen LogP contribution in [0.1, 0.15) is 34.8 Å². The summed E-state index contributed by atoms with van der Waals surface area (Å²) >= 11 is 0. The molecule has 92 valence electrons. The van der Waals surface area contributed by atoms with Gasteiger partial charge in [0.1, 0.15) is 5.56 Å². The molecule has 1 aliphatic rings. The topological polar surface area (TPSA) is 59.3 Å². The highest BCUT2D eigenvalue weighted by Gasteiger charge is 2.26. The average molecular weight is 243 g/mol. The highest BCUT2D eigenvalue weighted by Crippen LogP contribution is 2.37. The van der Waals surface area contributed by atoms with E-state index in [0.717, 1.165) is 23.9 Å². The van der Waals surface area contributed by atoms with E-state index in [1.54, 1.807) is 0 Å². The largest absolute Gasteiger partial charge is 0.477 e. The van der Waals surface area contributed by atoms with Gasteiger partial charge in [-0.3, -0.25) is 4.79 Å². The first-order valence-electron chi connectivity index (χ1n) is 5.97. The van der Waals surface area contributed by atoms with E-state index in [0.29, 0.717) is 11.4 Å². The van der Waals surface area contributed by atoms with Crippen molar-refractivity contribution >= 4 is 16.9 Å². The molecule has 1 fully saturated rings. The van der Waals surface area contributed by atoms with Crippen molar-refractivity contribution in [1.82, 2.24) is 4.57 Å². The molecular weight excluding hydrogens is 230 g/mol. The Bertz CT molecular complexity index is 711. The summed E-state index contributed by atoms with van der Waals surface area (Å²) in [6.07, 6.45) is 3.58. The molecule has 0 spiro atoms. The smallest absolute Gasteiger partial charge is 0.341 e. The number of aromatic nitrogens is 1. The summed E-state index contributed by atoms with van der Waals surface area (Å²) in [4.78, 5) is 23.4. The van der Waals surface area contributed by atoms with Crippen molar-refractivity contribution in [2.45, 2.75) is 25.8 Å². The van der Waals surface area contributed by atoms with Gasteiger partial charge in [0.15, 0.2) is 0 Å². The Morgan fingerprint density at radius 1 is 1.39 bits per heavy atom. The number of hydrogen-bond acceptors (Lipinski definition) is 2. The van der Waals surface area contributed by atoms with Gasteiger partial charge in [0.25, 0.3) is 0 Å². The number of aryl methyl sites for hydroxylation is 1. The summed E-state index contributed by atoms with van der Waals surface area (Å²) in [6, 6.07) is 5.96. The second-order valence-corrected chi connectivity index (χ2v) is 4.78. The molecule has 4 nitrogen and oxygen atoms in total. The number of carboxylic acid groups (broad SMARTS) is 1. The van der Waals surface area contributed by atoms with Crippen LogP contribution in [0.3, 0.4) is 0 Å². The number of benzene rings is 1. The van der Waals surface area contributed by atoms with E-state index < -0.39 is 5.97 Å². The van der Waals surface area contributed by atoms with Crippen molar-refractivity contribution in [3.63, 3.8) is 0 Å². The molecule has 18 heavy (non-hydrogen) atoms. The number of carboxylic acids is 1. The summed E-state index contributed by atoms with van der Waals surface area (Å²) in [6.45, 7) is 1.84. The van der Waals surface area contributed by atoms with Crippen LogP contribution >= 0.6 is 0 Å². The molecule has 0 atom stereocenters. The van der Waals surface area contributed by atoms with Gasteiger partial charge < -0.3 is 9.67 Å². The van der Waals surface area contributed by atoms with Gasteiger partial charge in [-0.1, -0.05) is 12.1 Å². The third kappa shape index (κ3) is 1.53. The number of pyridine rings is 1. The van der Waals surface area contributed by atoms with E-state index in [4.69, 9.17) is 5.11 Å². The van der Waals surface area contributed by atoms with Crippen molar-refractivity contribution in [1.29, 1.82) is 0 Å². The van der Waals surface area contributed by atoms with Crippen LogP contribution in [0.2, 0.25) is 0 Å². The van der Waals surface area contributed by atoms with E-state index >= 15 is 0 Å². The van der Waals surface area contributed by atoms with E-state index in [2.05, 4.69) is 0 Å². The number of aromatic carboxylic acids is 1. The van der Waals surface area contributed by atoms with E-state index in [1.165, 1.54) is 6.20 Å². The molecule has 1 saturated carbocycles. The molecule has 1 aromatic heterocycles. The molecular formula is C14H13NO3. The van der Waals surface area contributed by atoms with Crippen LogP contribution in [0.15, 0.2) is 29.2 Å². The average Bonchev–Trinajstić information content (AvgIpc) is 3.13. The van der Waals surface area contributed by atoms with Gasteiger partial charge in [-0.15, -0.1) is 0 Å². The van der Waals surface area contributed by atoms with Crippen molar-refractivity contribution < 1.29 is 9.90 Å². The van der Waals surface area contributed by atoms with Crippen LogP contribution in [0.5, 0.6) is 0 Å². The Morgan fingerprint density at radius 3 is 2.72 bits per heavy atom. The fourth-order valence-electron chi connectivity index (χ4n) is 2.37. The molecule has 0 saturated heterocycles. The van der Waals surface area contributed by atoms with Crippen LogP contribution in [-0.4, -0.2) is 15.6 Å². The molecule has 0 radical (unpaired) electrons. The molecule has 3 rings (SSSR count). The van der Waals surface area contributed by atoms with Gasteiger partial charge in [-0.2, -0.15) is 0 Å². The predicted octanol–water partition coefficient (Wildman–Crippen LogP) is 2.34. The Hall–Kier alpha value is -2.10.